The molecule has 1 aromatic rings. The molecule has 4 rings (SSSR count). The number of rotatable bonds is 5. The molecule has 0 atom stereocenters. The first-order valence-electron chi connectivity index (χ1n) is 11.1. The maximum absolute atomic E-state index is 12.4. The van der Waals surface area contributed by atoms with Crippen molar-refractivity contribution in [3.8, 4) is 5.75 Å². The van der Waals surface area contributed by atoms with Crippen LogP contribution in [0.3, 0.4) is 0 Å². The first kappa shape index (κ1) is 19.7. The summed E-state index contributed by atoms with van der Waals surface area (Å²) in [5.41, 5.74) is 2.52. The minimum absolute atomic E-state index is 0.244. The molecule has 5 heteroatoms. The van der Waals surface area contributed by atoms with Crippen LogP contribution in [0.15, 0.2) is 18.2 Å². The molecule has 3 aliphatic rings. The molecular weight excluding hydrogens is 352 g/mol. The lowest BCUT2D eigenvalue weighted by Gasteiger charge is -2.28. The van der Waals surface area contributed by atoms with Crippen molar-refractivity contribution in [1.82, 2.24) is 9.80 Å². The molecule has 2 fully saturated rings. The van der Waals surface area contributed by atoms with Crippen molar-refractivity contribution in [1.29, 1.82) is 0 Å². The first-order valence-corrected chi connectivity index (χ1v) is 11.1. The quantitative estimate of drug-likeness (QED) is 0.779. The highest BCUT2D eigenvalue weighted by Crippen LogP contribution is 2.28. The Balaban J connectivity index is 1.34. The van der Waals surface area contributed by atoms with Crippen LogP contribution < -0.4 is 4.74 Å². The molecule has 0 unspecified atom stereocenters. The van der Waals surface area contributed by atoms with Crippen molar-refractivity contribution in [3.05, 3.63) is 29.3 Å². The minimum atomic E-state index is 0.244. The van der Waals surface area contributed by atoms with Crippen LogP contribution in [0.25, 0.3) is 0 Å². The number of amides is 1. The van der Waals surface area contributed by atoms with E-state index in [-0.39, 0.29) is 5.91 Å². The van der Waals surface area contributed by atoms with Gasteiger partial charge in [0.15, 0.2) is 0 Å². The molecule has 154 valence electrons. The molecule has 0 aromatic heterocycles. The molecule has 1 amide bonds. The topological polar surface area (TPSA) is 42.0 Å². The molecule has 0 bridgehead atoms. The van der Waals surface area contributed by atoms with Gasteiger partial charge in [0.25, 0.3) is 0 Å². The lowest BCUT2D eigenvalue weighted by Crippen LogP contribution is -2.40. The van der Waals surface area contributed by atoms with Gasteiger partial charge >= 0.3 is 0 Å². The molecule has 1 aliphatic carbocycles. The Bertz CT molecular complexity index is 651. The largest absolute Gasteiger partial charge is 0.492 e. The number of benzene rings is 1. The summed E-state index contributed by atoms with van der Waals surface area (Å²) in [5.74, 6) is 2.12. The fourth-order valence-electron chi connectivity index (χ4n) is 4.77. The van der Waals surface area contributed by atoms with E-state index in [9.17, 15) is 4.79 Å². The molecule has 2 heterocycles. The Morgan fingerprint density at radius 3 is 2.68 bits per heavy atom. The van der Waals surface area contributed by atoms with Gasteiger partial charge in [-0.1, -0.05) is 31.4 Å². The summed E-state index contributed by atoms with van der Waals surface area (Å²) in [6, 6.07) is 6.50. The van der Waals surface area contributed by atoms with Gasteiger partial charge < -0.3 is 14.4 Å². The number of fused-ring (bicyclic) bond motifs is 1. The van der Waals surface area contributed by atoms with Crippen molar-refractivity contribution in [3.63, 3.8) is 0 Å². The average molecular weight is 387 g/mol. The Kier molecular flexibility index (Phi) is 6.86. The molecule has 0 radical (unpaired) electrons. The predicted octanol–water partition coefficient (Wildman–Crippen LogP) is 3.25. The molecule has 28 heavy (non-hydrogen) atoms. The minimum Gasteiger partial charge on any atom is -0.492 e. The van der Waals surface area contributed by atoms with E-state index in [1.54, 1.807) is 0 Å². The smallest absolute Gasteiger partial charge is 0.223 e. The number of nitrogens with zero attached hydrogens (tertiary/aromatic N) is 2. The van der Waals surface area contributed by atoms with Gasteiger partial charge in [-0.15, -0.1) is 0 Å². The Morgan fingerprint density at radius 1 is 1.04 bits per heavy atom. The third kappa shape index (κ3) is 5.26. The summed E-state index contributed by atoms with van der Waals surface area (Å²) < 4.78 is 11.4. The first-order chi connectivity index (χ1) is 13.8. The fourth-order valence-corrected chi connectivity index (χ4v) is 4.77. The number of aryl methyl sites for hydroxylation is 1. The molecule has 1 aromatic carbocycles. The van der Waals surface area contributed by atoms with E-state index in [0.29, 0.717) is 19.6 Å². The van der Waals surface area contributed by atoms with Crippen LogP contribution in [0.2, 0.25) is 0 Å². The third-order valence-corrected chi connectivity index (χ3v) is 6.42. The van der Waals surface area contributed by atoms with E-state index in [4.69, 9.17) is 9.47 Å². The van der Waals surface area contributed by atoms with Crippen molar-refractivity contribution >= 4 is 5.91 Å². The molecule has 0 spiro atoms. The monoisotopic (exact) mass is 386 g/mol. The molecule has 2 aliphatic heterocycles. The Labute approximate surface area is 169 Å². The average Bonchev–Trinajstić information content (AvgIpc) is 2.94. The summed E-state index contributed by atoms with van der Waals surface area (Å²) in [6.07, 6.45) is 8.34. The lowest BCUT2D eigenvalue weighted by atomic mass is 9.89. The van der Waals surface area contributed by atoms with Gasteiger partial charge in [-0.2, -0.15) is 0 Å². The second kappa shape index (κ2) is 9.75. The SMILES string of the molecule is O=C(CCc1ccc2c(c1)CN(CC1CCCCC1)CCO2)N1CCOCC1. The van der Waals surface area contributed by atoms with Crippen molar-refractivity contribution < 1.29 is 14.3 Å². The van der Waals surface area contributed by atoms with Gasteiger partial charge in [-0.05, 0) is 36.8 Å². The van der Waals surface area contributed by atoms with Gasteiger partial charge in [-0.25, -0.2) is 0 Å². The van der Waals surface area contributed by atoms with E-state index >= 15 is 0 Å². The van der Waals surface area contributed by atoms with Gasteiger partial charge in [0.2, 0.25) is 5.91 Å². The summed E-state index contributed by atoms with van der Waals surface area (Å²) in [5, 5.41) is 0. The van der Waals surface area contributed by atoms with Crippen LogP contribution in [-0.4, -0.2) is 61.7 Å². The van der Waals surface area contributed by atoms with Gasteiger partial charge in [-0.3, -0.25) is 9.69 Å². The maximum Gasteiger partial charge on any atom is 0.223 e. The van der Waals surface area contributed by atoms with E-state index < -0.39 is 0 Å². The highest BCUT2D eigenvalue weighted by atomic mass is 16.5. The van der Waals surface area contributed by atoms with Gasteiger partial charge in [0, 0.05) is 44.7 Å². The van der Waals surface area contributed by atoms with Crippen LogP contribution in [0.4, 0.5) is 0 Å². The normalized spacial score (nSPS) is 21.6. The van der Waals surface area contributed by atoms with Crippen LogP contribution >= 0.6 is 0 Å². The van der Waals surface area contributed by atoms with E-state index in [1.165, 1.54) is 49.8 Å². The van der Waals surface area contributed by atoms with Crippen molar-refractivity contribution in [2.75, 3.05) is 46.0 Å². The number of carbonyl (C=O) groups excluding carboxylic acids is 1. The Hall–Kier alpha value is -1.59. The van der Waals surface area contributed by atoms with Crippen LogP contribution in [0.5, 0.6) is 5.75 Å². The molecule has 1 saturated heterocycles. The summed E-state index contributed by atoms with van der Waals surface area (Å²) in [6.45, 7) is 6.74. The van der Waals surface area contributed by atoms with Gasteiger partial charge in [0.1, 0.15) is 12.4 Å². The lowest BCUT2D eigenvalue weighted by molar-refractivity contribution is -0.135. The highest BCUT2D eigenvalue weighted by molar-refractivity contribution is 5.76. The summed E-state index contributed by atoms with van der Waals surface area (Å²) in [4.78, 5) is 16.9. The zero-order valence-corrected chi connectivity index (χ0v) is 17.0. The third-order valence-electron chi connectivity index (χ3n) is 6.42. The Morgan fingerprint density at radius 2 is 1.86 bits per heavy atom. The predicted molar refractivity (Wildman–Crippen MR) is 110 cm³/mol. The standard InChI is InChI=1S/C23H34N2O3/c26-23(25-11-13-27-14-12-25)9-7-19-6-8-22-21(16-19)18-24(10-15-28-22)17-20-4-2-1-3-5-20/h6,8,16,20H,1-5,7,9-15,17-18H2. The van der Waals surface area contributed by atoms with E-state index in [2.05, 4.69) is 23.1 Å². The molecule has 5 nitrogen and oxygen atoms in total. The number of morpholine rings is 1. The van der Waals surface area contributed by atoms with E-state index in [0.717, 1.165) is 50.9 Å². The fraction of sp³-hybridized carbons (Fsp3) is 0.696. The molecular formula is C23H34N2O3. The van der Waals surface area contributed by atoms with Crippen molar-refractivity contribution in [2.24, 2.45) is 5.92 Å². The highest BCUT2D eigenvalue weighted by Gasteiger charge is 2.21. The van der Waals surface area contributed by atoms with Gasteiger partial charge in [0.05, 0.1) is 13.2 Å². The van der Waals surface area contributed by atoms with Crippen molar-refractivity contribution in [2.45, 2.75) is 51.5 Å². The molecule has 0 N–H and O–H groups in total. The van der Waals surface area contributed by atoms with E-state index in [1.807, 2.05) is 4.90 Å². The number of hydrogen-bond acceptors (Lipinski definition) is 4. The van der Waals surface area contributed by atoms with Crippen LogP contribution in [-0.2, 0) is 22.5 Å². The summed E-state index contributed by atoms with van der Waals surface area (Å²) in [7, 11) is 0. The zero-order valence-electron chi connectivity index (χ0n) is 17.0. The number of carbonyl (C=O) groups is 1. The number of hydrogen-bond donors (Lipinski definition) is 0. The van der Waals surface area contributed by atoms with Crippen LogP contribution in [0, 0.1) is 5.92 Å². The zero-order chi connectivity index (χ0) is 19.2. The molecule has 1 saturated carbocycles. The maximum atomic E-state index is 12.4. The number of ether oxygens (including phenoxy) is 2. The second-order valence-corrected chi connectivity index (χ2v) is 8.52. The second-order valence-electron chi connectivity index (χ2n) is 8.52. The summed E-state index contributed by atoms with van der Waals surface area (Å²) >= 11 is 0. The van der Waals surface area contributed by atoms with Crippen LogP contribution in [0.1, 0.15) is 49.7 Å².